The summed E-state index contributed by atoms with van der Waals surface area (Å²) in [6, 6.07) is 3.73. The van der Waals surface area contributed by atoms with Crippen LogP contribution in [0, 0.1) is 0 Å². The number of rotatable bonds is 3. The first-order valence-electron chi connectivity index (χ1n) is 8.62. The lowest BCUT2D eigenvalue weighted by atomic mass is 10.1. The second-order valence-corrected chi connectivity index (χ2v) is 6.45. The van der Waals surface area contributed by atoms with Gasteiger partial charge in [-0.3, -0.25) is 18.7 Å². The Bertz CT molecular complexity index is 1230. The fraction of sp³-hybridized carbons (Fsp3) is 0.263. The topological polar surface area (TPSA) is 86.0 Å². The number of nitrogens with zero attached hydrogens (tertiary/aromatic N) is 3. The third kappa shape index (κ3) is 3.53. The van der Waals surface area contributed by atoms with Crippen LogP contribution < -0.4 is 16.6 Å². The summed E-state index contributed by atoms with van der Waals surface area (Å²) in [6.45, 7) is 1.79. The van der Waals surface area contributed by atoms with Crippen LogP contribution in [0.2, 0.25) is 0 Å². The molecule has 2 heterocycles. The van der Waals surface area contributed by atoms with E-state index in [1.165, 1.54) is 24.9 Å². The molecular weight excluding hydrogens is 389 g/mol. The molecule has 0 aliphatic rings. The highest BCUT2D eigenvalue weighted by Gasteiger charge is 2.30. The van der Waals surface area contributed by atoms with Crippen molar-refractivity contribution in [3.63, 3.8) is 0 Å². The quantitative estimate of drug-likeness (QED) is 0.724. The molecule has 1 N–H and O–H groups in total. The molecule has 0 atom stereocenters. The molecule has 152 valence electrons. The van der Waals surface area contributed by atoms with Gasteiger partial charge in [0.25, 0.3) is 11.5 Å². The predicted molar refractivity (Wildman–Crippen MR) is 101 cm³/mol. The number of halogens is 3. The van der Waals surface area contributed by atoms with E-state index in [4.69, 9.17) is 0 Å². The van der Waals surface area contributed by atoms with Crippen LogP contribution in [0.5, 0.6) is 0 Å². The molecule has 3 rings (SSSR count). The molecule has 2 aromatic heterocycles. The molecule has 3 aromatic rings. The maximum absolute atomic E-state index is 12.7. The molecule has 7 nitrogen and oxygen atoms in total. The minimum Gasteiger partial charge on any atom is -0.321 e. The first kappa shape index (κ1) is 20.3. The molecule has 0 aliphatic heterocycles. The van der Waals surface area contributed by atoms with Crippen molar-refractivity contribution >= 4 is 22.6 Å². The Balaban J connectivity index is 2.13. The first-order valence-corrected chi connectivity index (χ1v) is 8.62. The standard InChI is InChI=1S/C19H17F3N4O3/c1-4-10-9-23-15-13(17(28)26(3)18(29)25(15)2)14(10)24-16(27)11-5-7-12(8-6-11)19(20,21)22/h5-9H,4H2,1-3H3,(H,23,24,27). The number of fused-ring (bicyclic) bond motifs is 1. The Kier molecular flexibility index (Phi) is 5.04. The van der Waals surface area contributed by atoms with Gasteiger partial charge in [-0.2, -0.15) is 13.2 Å². The highest BCUT2D eigenvalue weighted by atomic mass is 19.4. The molecule has 0 spiro atoms. The van der Waals surface area contributed by atoms with Crippen LogP contribution in [0.3, 0.4) is 0 Å². The smallest absolute Gasteiger partial charge is 0.321 e. The van der Waals surface area contributed by atoms with Crippen molar-refractivity contribution in [2.75, 3.05) is 5.32 Å². The number of amides is 1. The molecule has 0 saturated heterocycles. The third-order valence-corrected chi connectivity index (χ3v) is 4.64. The number of benzene rings is 1. The van der Waals surface area contributed by atoms with Crippen LogP contribution in [-0.2, 0) is 26.7 Å². The van der Waals surface area contributed by atoms with E-state index < -0.39 is 28.9 Å². The Labute approximate surface area is 162 Å². The number of carbonyl (C=O) groups excluding carboxylic acids is 1. The molecule has 29 heavy (non-hydrogen) atoms. The van der Waals surface area contributed by atoms with Gasteiger partial charge in [0.2, 0.25) is 0 Å². The summed E-state index contributed by atoms with van der Waals surface area (Å²) in [7, 11) is 2.76. The number of nitrogens with one attached hydrogen (secondary N) is 1. The van der Waals surface area contributed by atoms with Crippen molar-refractivity contribution in [2.45, 2.75) is 19.5 Å². The normalized spacial score (nSPS) is 11.7. The van der Waals surface area contributed by atoms with E-state index in [2.05, 4.69) is 10.3 Å². The molecular formula is C19H17F3N4O3. The molecule has 0 fully saturated rings. The lowest BCUT2D eigenvalue weighted by Crippen LogP contribution is -2.38. The van der Waals surface area contributed by atoms with Gasteiger partial charge in [0.15, 0.2) is 5.65 Å². The lowest BCUT2D eigenvalue weighted by Gasteiger charge is -2.15. The molecule has 0 unspecified atom stereocenters. The van der Waals surface area contributed by atoms with Crippen LogP contribution in [0.25, 0.3) is 11.0 Å². The van der Waals surface area contributed by atoms with Crippen LogP contribution in [0.1, 0.15) is 28.4 Å². The number of anilines is 1. The van der Waals surface area contributed by atoms with Gasteiger partial charge in [-0.05, 0) is 36.2 Å². The number of hydrogen-bond acceptors (Lipinski definition) is 4. The van der Waals surface area contributed by atoms with Crippen LogP contribution in [0.15, 0.2) is 40.1 Å². The summed E-state index contributed by atoms with van der Waals surface area (Å²) >= 11 is 0. The molecule has 0 radical (unpaired) electrons. The number of hydrogen-bond donors (Lipinski definition) is 1. The second kappa shape index (κ2) is 7.19. The third-order valence-electron chi connectivity index (χ3n) is 4.64. The van der Waals surface area contributed by atoms with E-state index in [-0.39, 0.29) is 22.3 Å². The molecule has 0 aliphatic carbocycles. The molecule has 1 aromatic carbocycles. The number of carbonyl (C=O) groups is 1. The van der Waals surface area contributed by atoms with Gasteiger partial charge < -0.3 is 5.32 Å². The van der Waals surface area contributed by atoms with E-state index in [0.29, 0.717) is 12.0 Å². The summed E-state index contributed by atoms with van der Waals surface area (Å²) in [4.78, 5) is 41.6. The number of alkyl halides is 3. The Morgan fingerprint density at radius 1 is 1.10 bits per heavy atom. The molecule has 0 saturated carbocycles. The van der Waals surface area contributed by atoms with Gasteiger partial charge in [0, 0.05) is 25.9 Å². The number of pyridine rings is 1. The highest BCUT2D eigenvalue weighted by molar-refractivity contribution is 6.08. The van der Waals surface area contributed by atoms with E-state index in [1.54, 1.807) is 6.92 Å². The van der Waals surface area contributed by atoms with Gasteiger partial charge in [-0.1, -0.05) is 6.92 Å². The second-order valence-electron chi connectivity index (χ2n) is 6.45. The zero-order chi connectivity index (χ0) is 21.5. The number of aryl methyl sites for hydroxylation is 2. The Morgan fingerprint density at radius 2 is 1.72 bits per heavy atom. The monoisotopic (exact) mass is 406 g/mol. The zero-order valence-electron chi connectivity index (χ0n) is 15.8. The Hall–Kier alpha value is -3.43. The van der Waals surface area contributed by atoms with Crippen LogP contribution in [-0.4, -0.2) is 20.0 Å². The highest BCUT2D eigenvalue weighted by Crippen LogP contribution is 2.29. The molecule has 10 heteroatoms. The Morgan fingerprint density at radius 3 is 2.28 bits per heavy atom. The summed E-state index contributed by atoms with van der Waals surface area (Å²) in [5.41, 5.74) is -1.26. The van der Waals surface area contributed by atoms with Crippen molar-refractivity contribution in [1.29, 1.82) is 0 Å². The lowest BCUT2D eigenvalue weighted by molar-refractivity contribution is -0.137. The number of aromatic nitrogens is 3. The largest absolute Gasteiger partial charge is 0.416 e. The minimum absolute atomic E-state index is 0.00772. The molecule has 0 bridgehead atoms. The summed E-state index contributed by atoms with van der Waals surface area (Å²) in [5, 5.41) is 2.65. The SMILES string of the molecule is CCc1cnc2c(c1NC(=O)c1ccc(C(F)(F)F)cc1)c(=O)n(C)c(=O)n2C. The summed E-state index contributed by atoms with van der Waals surface area (Å²) in [5.74, 6) is -0.683. The summed E-state index contributed by atoms with van der Waals surface area (Å²) in [6.07, 6.45) is -2.64. The van der Waals surface area contributed by atoms with Gasteiger partial charge in [0.05, 0.1) is 11.3 Å². The zero-order valence-corrected chi connectivity index (χ0v) is 15.8. The maximum Gasteiger partial charge on any atom is 0.416 e. The van der Waals surface area contributed by atoms with Crippen molar-refractivity contribution in [3.8, 4) is 0 Å². The van der Waals surface area contributed by atoms with Crippen LogP contribution >= 0.6 is 0 Å². The van der Waals surface area contributed by atoms with Gasteiger partial charge in [0.1, 0.15) is 5.39 Å². The van der Waals surface area contributed by atoms with Crippen molar-refractivity contribution in [1.82, 2.24) is 14.1 Å². The van der Waals surface area contributed by atoms with Gasteiger partial charge in [-0.25, -0.2) is 9.78 Å². The van der Waals surface area contributed by atoms with Crippen molar-refractivity contribution < 1.29 is 18.0 Å². The predicted octanol–water partition coefficient (Wildman–Crippen LogP) is 2.47. The van der Waals surface area contributed by atoms with Gasteiger partial charge >= 0.3 is 11.9 Å². The maximum atomic E-state index is 12.7. The first-order chi connectivity index (χ1) is 13.6. The van der Waals surface area contributed by atoms with E-state index in [1.807, 2.05) is 0 Å². The van der Waals surface area contributed by atoms with E-state index in [9.17, 15) is 27.6 Å². The van der Waals surface area contributed by atoms with E-state index >= 15 is 0 Å². The van der Waals surface area contributed by atoms with Gasteiger partial charge in [-0.15, -0.1) is 0 Å². The fourth-order valence-electron chi connectivity index (χ4n) is 2.97. The average molecular weight is 406 g/mol. The van der Waals surface area contributed by atoms with Crippen LogP contribution in [0.4, 0.5) is 18.9 Å². The van der Waals surface area contributed by atoms with E-state index in [0.717, 1.165) is 28.8 Å². The average Bonchev–Trinajstić information content (AvgIpc) is 2.69. The summed E-state index contributed by atoms with van der Waals surface area (Å²) < 4.78 is 40.2. The van der Waals surface area contributed by atoms with Crippen molar-refractivity contribution in [3.05, 3.63) is 68.0 Å². The fourth-order valence-corrected chi connectivity index (χ4v) is 2.97. The van der Waals surface area contributed by atoms with Crippen molar-refractivity contribution in [2.24, 2.45) is 14.1 Å². The minimum atomic E-state index is -4.51. The molecule has 1 amide bonds.